The molecule has 1 amide bonds. The van der Waals surface area contributed by atoms with Crippen molar-refractivity contribution < 1.29 is 13.7 Å². The number of likely N-dealkylation sites (tertiary alicyclic amines) is 1. The lowest BCUT2D eigenvalue weighted by atomic mass is 10.1. The zero-order valence-electron chi connectivity index (χ0n) is 12.6. The van der Waals surface area contributed by atoms with Crippen LogP contribution in [-0.4, -0.2) is 27.5 Å². The molecule has 0 aliphatic carbocycles. The van der Waals surface area contributed by atoms with Gasteiger partial charge in [-0.25, -0.2) is 4.39 Å². The fourth-order valence-electron chi connectivity index (χ4n) is 2.71. The number of hydrogen-bond donors (Lipinski definition) is 0. The Kier molecular flexibility index (Phi) is 3.92. The maximum absolute atomic E-state index is 13.0. The highest BCUT2D eigenvalue weighted by Crippen LogP contribution is 2.33. The maximum Gasteiger partial charge on any atom is 0.249 e. The molecule has 1 aliphatic rings. The molecule has 0 spiro atoms. The molecule has 0 unspecified atom stereocenters. The molecule has 1 saturated heterocycles. The Hall–Kier alpha value is -2.24. The van der Waals surface area contributed by atoms with Gasteiger partial charge in [0.25, 0.3) is 0 Å². The van der Waals surface area contributed by atoms with Crippen LogP contribution >= 0.6 is 0 Å². The molecule has 1 aliphatic heterocycles. The average molecular weight is 303 g/mol. The van der Waals surface area contributed by atoms with Crippen molar-refractivity contribution in [3.63, 3.8) is 0 Å². The zero-order valence-corrected chi connectivity index (χ0v) is 12.6. The summed E-state index contributed by atoms with van der Waals surface area (Å²) < 4.78 is 18.3. The van der Waals surface area contributed by atoms with Crippen LogP contribution in [0.15, 0.2) is 28.8 Å². The third kappa shape index (κ3) is 2.73. The molecule has 1 aromatic heterocycles. The Morgan fingerprint density at radius 3 is 2.77 bits per heavy atom. The van der Waals surface area contributed by atoms with Gasteiger partial charge in [-0.1, -0.05) is 19.0 Å². The van der Waals surface area contributed by atoms with E-state index in [1.807, 2.05) is 18.7 Å². The lowest BCUT2D eigenvalue weighted by Crippen LogP contribution is -2.33. The number of amides is 1. The number of benzene rings is 1. The molecule has 3 rings (SSSR count). The van der Waals surface area contributed by atoms with Crippen LogP contribution in [0.1, 0.15) is 38.6 Å². The Morgan fingerprint density at radius 2 is 2.09 bits per heavy atom. The van der Waals surface area contributed by atoms with Crippen LogP contribution in [0, 0.1) is 11.7 Å². The molecule has 2 heterocycles. The number of halogens is 1. The minimum Gasteiger partial charge on any atom is -0.337 e. The van der Waals surface area contributed by atoms with E-state index in [2.05, 4.69) is 10.1 Å². The maximum atomic E-state index is 13.0. The number of nitrogens with zero attached hydrogens (tertiary/aromatic N) is 3. The van der Waals surface area contributed by atoms with E-state index in [0.29, 0.717) is 17.3 Å². The van der Waals surface area contributed by atoms with Crippen LogP contribution in [0.4, 0.5) is 4.39 Å². The van der Waals surface area contributed by atoms with Gasteiger partial charge in [0.1, 0.15) is 11.9 Å². The van der Waals surface area contributed by atoms with E-state index >= 15 is 0 Å². The van der Waals surface area contributed by atoms with Crippen LogP contribution in [-0.2, 0) is 4.79 Å². The van der Waals surface area contributed by atoms with Crippen molar-refractivity contribution in [1.82, 2.24) is 15.0 Å². The third-order valence-electron chi connectivity index (χ3n) is 3.86. The standard InChI is InChI=1S/C16H18FN3O2/c1-10(2)16(21)20-9-3-4-13(20)15-18-14(19-22-15)11-5-7-12(17)8-6-11/h5-8,10,13H,3-4,9H2,1-2H3/t13-/m0/s1. The molecular weight excluding hydrogens is 285 g/mol. The van der Waals surface area contributed by atoms with Gasteiger partial charge in [-0.05, 0) is 37.1 Å². The molecule has 116 valence electrons. The van der Waals surface area contributed by atoms with E-state index in [0.717, 1.165) is 19.4 Å². The second kappa shape index (κ2) is 5.87. The molecular formula is C16H18FN3O2. The van der Waals surface area contributed by atoms with E-state index in [9.17, 15) is 9.18 Å². The van der Waals surface area contributed by atoms with Gasteiger partial charge >= 0.3 is 0 Å². The van der Waals surface area contributed by atoms with Crippen molar-refractivity contribution in [2.45, 2.75) is 32.7 Å². The fourth-order valence-corrected chi connectivity index (χ4v) is 2.71. The average Bonchev–Trinajstić information content (AvgIpc) is 3.15. The van der Waals surface area contributed by atoms with Crippen LogP contribution < -0.4 is 0 Å². The summed E-state index contributed by atoms with van der Waals surface area (Å²) in [5.41, 5.74) is 0.691. The van der Waals surface area contributed by atoms with Gasteiger partial charge in [0.15, 0.2) is 0 Å². The van der Waals surface area contributed by atoms with Gasteiger partial charge in [0.05, 0.1) is 0 Å². The van der Waals surface area contributed by atoms with Gasteiger partial charge in [0, 0.05) is 18.0 Å². The largest absolute Gasteiger partial charge is 0.337 e. The molecule has 0 saturated carbocycles. The second-order valence-electron chi connectivity index (χ2n) is 5.81. The van der Waals surface area contributed by atoms with Crippen LogP contribution in [0.2, 0.25) is 0 Å². The number of carbonyl (C=O) groups is 1. The van der Waals surface area contributed by atoms with Crippen molar-refractivity contribution in [2.24, 2.45) is 5.92 Å². The minimum atomic E-state index is -0.308. The highest BCUT2D eigenvalue weighted by Gasteiger charge is 2.34. The molecule has 0 radical (unpaired) electrons. The number of rotatable bonds is 3. The first-order valence-corrected chi connectivity index (χ1v) is 7.46. The molecule has 6 heteroatoms. The Morgan fingerprint density at radius 1 is 1.36 bits per heavy atom. The van der Waals surface area contributed by atoms with E-state index < -0.39 is 0 Å². The molecule has 1 aromatic carbocycles. The fraction of sp³-hybridized carbons (Fsp3) is 0.438. The lowest BCUT2D eigenvalue weighted by Gasteiger charge is -2.23. The van der Waals surface area contributed by atoms with Gasteiger partial charge in [0.2, 0.25) is 17.6 Å². The van der Waals surface area contributed by atoms with E-state index in [4.69, 9.17) is 4.52 Å². The minimum absolute atomic E-state index is 0.0555. The Balaban J connectivity index is 1.84. The molecule has 0 N–H and O–H groups in total. The summed E-state index contributed by atoms with van der Waals surface area (Å²) in [5.74, 6) is 0.603. The van der Waals surface area contributed by atoms with E-state index in [-0.39, 0.29) is 23.7 Å². The van der Waals surface area contributed by atoms with Crippen LogP contribution in [0.25, 0.3) is 11.4 Å². The summed E-state index contributed by atoms with van der Waals surface area (Å²) in [6, 6.07) is 5.77. The summed E-state index contributed by atoms with van der Waals surface area (Å²) in [5, 5.41) is 3.95. The summed E-state index contributed by atoms with van der Waals surface area (Å²) in [7, 11) is 0. The first-order valence-electron chi connectivity index (χ1n) is 7.46. The Labute approximate surface area is 128 Å². The molecule has 22 heavy (non-hydrogen) atoms. The first-order chi connectivity index (χ1) is 10.6. The number of carbonyl (C=O) groups excluding carboxylic acids is 1. The van der Waals surface area contributed by atoms with Crippen LogP contribution in [0.3, 0.4) is 0 Å². The van der Waals surface area contributed by atoms with Gasteiger partial charge in [-0.2, -0.15) is 4.98 Å². The SMILES string of the molecule is CC(C)C(=O)N1CCC[C@H]1c1nc(-c2ccc(F)cc2)no1. The number of hydrogen-bond acceptors (Lipinski definition) is 4. The Bertz CT molecular complexity index is 666. The lowest BCUT2D eigenvalue weighted by molar-refractivity contribution is -0.135. The summed E-state index contributed by atoms with van der Waals surface area (Å²) in [4.78, 5) is 18.4. The van der Waals surface area contributed by atoms with Crippen molar-refractivity contribution in [1.29, 1.82) is 0 Å². The number of aromatic nitrogens is 2. The van der Waals surface area contributed by atoms with Crippen molar-refractivity contribution in [3.05, 3.63) is 36.0 Å². The first kappa shape index (κ1) is 14.7. The highest BCUT2D eigenvalue weighted by atomic mass is 19.1. The topological polar surface area (TPSA) is 59.2 Å². The predicted molar refractivity (Wildman–Crippen MR) is 78.2 cm³/mol. The van der Waals surface area contributed by atoms with Crippen molar-refractivity contribution in [2.75, 3.05) is 6.54 Å². The smallest absolute Gasteiger partial charge is 0.249 e. The molecule has 1 fully saturated rings. The quantitative estimate of drug-likeness (QED) is 0.873. The molecule has 2 aromatic rings. The third-order valence-corrected chi connectivity index (χ3v) is 3.86. The van der Waals surface area contributed by atoms with Gasteiger partial charge in [-0.3, -0.25) is 4.79 Å². The van der Waals surface area contributed by atoms with E-state index in [1.165, 1.54) is 12.1 Å². The van der Waals surface area contributed by atoms with Crippen molar-refractivity contribution in [3.8, 4) is 11.4 Å². The van der Waals surface area contributed by atoms with E-state index in [1.54, 1.807) is 12.1 Å². The molecule has 1 atom stereocenters. The summed E-state index contributed by atoms with van der Waals surface area (Å²) >= 11 is 0. The monoisotopic (exact) mass is 303 g/mol. The second-order valence-corrected chi connectivity index (χ2v) is 5.81. The highest BCUT2D eigenvalue weighted by molar-refractivity contribution is 5.78. The predicted octanol–water partition coefficient (Wildman–Crippen LogP) is 3.20. The zero-order chi connectivity index (χ0) is 15.7. The van der Waals surface area contributed by atoms with Crippen molar-refractivity contribution >= 4 is 5.91 Å². The normalized spacial score (nSPS) is 18.2. The summed E-state index contributed by atoms with van der Waals surface area (Å²) in [6.45, 7) is 4.49. The van der Waals surface area contributed by atoms with Crippen LogP contribution in [0.5, 0.6) is 0 Å². The van der Waals surface area contributed by atoms with Gasteiger partial charge < -0.3 is 9.42 Å². The molecule has 5 nitrogen and oxygen atoms in total. The molecule has 0 bridgehead atoms. The van der Waals surface area contributed by atoms with Gasteiger partial charge in [-0.15, -0.1) is 0 Å². The summed E-state index contributed by atoms with van der Waals surface area (Å²) in [6.07, 6.45) is 1.75.